The first-order valence-corrected chi connectivity index (χ1v) is 10.4. The van der Waals surface area contributed by atoms with Crippen LogP contribution in [0, 0.1) is 5.92 Å². The average molecular weight is 390 g/mol. The second-order valence-electron chi connectivity index (χ2n) is 8.52. The van der Waals surface area contributed by atoms with Gasteiger partial charge < -0.3 is 19.4 Å². The van der Waals surface area contributed by atoms with Crippen LogP contribution in [0.2, 0.25) is 0 Å². The zero-order valence-corrected chi connectivity index (χ0v) is 16.0. The van der Waals surface area contributed by atoms with E-state index in [-0.39, 0.29) is 0 Å². The molecule has 1 N–H and O–H groups in total. The molecular formula is C21H22N6O2. The maximum Gasteiger partial charge on any atom is 0.231 e. The van der Waals surface area contributed by atoms with Crippen LogP contribution >= 0.6 is 0 Å². The number of rotatable bonds is 2. The third-order valence-corrected chi connectivity index (χ3v) is 7.29. The van der Waals surface area contributed by atoms with E-state index < -0.39 is 0 Å². The summed E-state index contributed by atoms with van der Waals surface area (Å²) in [5.41, 5.74) is 3.00. The van der Waals surface area contributed by atoms with E-state index in [0.717, 1.165) is 35.0 Å². The number of hydrogen-bond donors (Lipinski definition) is 1. The minimum absolute atomic E-state index is 0.314. The molecule has 8 rings (SSSR count). The van der Waals surface area contributed by atoms with Crippen LogP contribution in [0.4, 0.5) is 5.82 Å². The fourth-order valence-electron chi connectivity index (χ4n) is 6.07. The number of nitrogens with zero attached hydrogens (tertiary/aromatic N) is 5. The van der Waals surface area contributed by atoms with Gasteiger partial charge in [-0.3, -0.25) is 4.90 Å². The molecule has 0 saturated carbocycles. The highest BCUT2D eigenvalue weighted by Crippen LogP contribution is 2.49. The quantitative estimate of drug-likeness (QED) is 0.718. The van der Waals surface area contributed by atoms with Crippen molar-refractivity contribution in [1.29, 1.82) is 0 Å². The monoisotopic (exact) mass is 390 g/mol. The lowest BCUT2D eigenvalue weighted by atomic mass is 9.75. The first kappa shape index (κ1) is 16.0. The van der Waals surface area contributed by atoms with Gasteiger partial charge in [-0.1, -0.05) is 6.07 Å². The van der Waals surface area contributed by atoms with Crippen LogP contribution < -0.4 is 14.4 Å². The van der Waals surface area contributed by atoms with Gasteiger partial charge in [0, 0.05) is 24.5 Å². The molecule has 148 valence electrons. The Morgan fingerprint density at radius 2 is 1.90 bits per heavy atom. The van der Waals surface area contributed by atoms with E-state index in [4.69, 9.17) is 14.5 Å². The summed E-state index contributed by atoms with van der Waals surface area (Å²) in [6, 6.07) is 7.42. The van der Waals surface area contributed by atoms with E-state index in [1.165, 1.54) is 31.5 Å². The standard InChI is InChI=1S/C21H22N6O2/c1-2-15-16(29-11-28-15)7-13(1)14-8-27(18-12-3-5-26(6-4-12)19(14)18)21-17-20(23-9-22-17)24-10-25-21/h1-2,7,9-10,12,14,18-19H,3-6,8,11H2,(H,22,23,24,25)/t14-,18+,19+/m0/s1. The van der Waals surface area contributed by atoms with Crippen LogP contribution in [0.3, 0.4) is 0 Å². The molecular weight excluding hydrogens is 368 g/mol. The van der Waals surface area contributed by atoms with Crippen LogP contribution in [0.5, 0.6) is 11.5 Å². The van der Waals surface area contributed by atoms with Gasteiger partial charge in [0.2, 0.25) is 6.79 Å². The zero-order valence-electron chi connectivity index (χ0n) is 16.0. The van der Waals surface area contributed by atoms with Crippen molar-refractivity contribution >= 4 is 17.0 Å². The molecule has 2 aromatic heterocycles. The summed E-state index contributed by atoms with van der Waals surface area (Å²) in [6.07, 6.45) is 5.89. The van der Waals surface area contributed by atoms with Gasteiger partial charge in [0.15, 0.2) is 23.0 Å². The van der Waals surface area contributed by atoms with Crippen molar-refractivity contribution in [3.63, 3.8) is 0 Å². The van der Waals surface area contributed by atoms with Crippen molar-refractivity contribution in [2.45, 2.75) is 30.8 Å². The summed E-state index contributed by atoms with van der Waals surface area (Å²) in [5, 5.41) is 0. The largest absolute Gasteiger partial charge is 0.454 e. The predicted octanol–water partition coefficient (Wildman–Crippen LogP) is 2.15. The highest BCUT2D eigenvalue weighted by molar-refractivity contribution is 5.83. The highest BCUT2D eigenvalue weighted by atomic mass is 16.7. The Labute approximate surface area is 167 Å². The lowest BCUT2D eigenvalue weighted by Gasteiger charge is -2.51. The Morgan fingerprint density at radius 3 is 2.83 bits per heavy atom. The number of hydrogen-bond acceptors (Lipinski definition) is 7. The van der Waals surface area contributed by atoms with Crippen molar-refractivity contribution in [2.24, 2.45) is 5.92 Å². The normalized spacial score (nSPS) is 32.1. The Bertz CT molecular complexity index is 1090. The first-order valence-electron chi connectivity index (χ1n) is 10.4. The average Bonchev–Trinajstić information content (AvgIpc) is 3.51. The van der Waals surface area contributed by atoms with Crippen molar-refractivity contribution < 1.29 is 9.47 Å². The number of aromatic nitrogens is 4. The summed E-state index contributed by atoms with van der Waals surface area (Å²) in [5.74, 6) is 3.81. The molecule has 8 nitrogen and oxygen atoms in total. The molecule has 4 saturated heterocycles. The fourth-order valence-corrected chi connectivity index (χ4v) is 6.07. The SMILES string of the molecule is c1nc(N2C[C@@H](c3ccc4c(c3)OCO4)[C@@H]3[C@H]2C2CCN3CC2)c2[nH]cnc2n1. The summed E-state index contributed by atoms with van der Waals surface area (Å²) < 4.78 is 11.2. The molecule has 0 unspecified atom stereocenters. The van der Waals surface area contributed by atoms with E-state index in [1.807, 2.05) is 0 Å². The maximum atomic E-state index is 5.67. The minimum atomic E-state index is 0.314. The van der Waals surface area contributed by atoms with Crippen LogP contribution in [-0.4, -0.2) is 63.3 Å². The number of anilines is 1. The second kappa shape index (κ2) is 5.82. The van der Waals surface area contributed by atoms with Gasteiger partial charge >= 0.3 is 0 Å². The molecule has 0 spiro atoms. The van der Waals surface area contributed by atoms with Crippen LogP contribution in [0.1, 0.15) is 24.3 Å². The van der Waals surface area contributed by atoms with E-state index >= 15 is 0 Å². The number of piperidine rings is 3. The number of nitrogens with one attached hydrogen (secondary N) is 1. The molecule has 5 aliphatic heterocycles. The van der Waals surface area contributed by atoms with Crippen molar-refractivity contribution in [1.82, 2.24) is 24.8 Å². The van der Waals surface area contributed by atoms with Crippen LogP contribution in [0.15, 0.2) is 30.9 Å². The lowest BCUT2D eigenvalue weighted by Crippen LogP contribution is -2.60. The molecule has 3 aromatic rings. The Morgan fingerprint density at radius 1 is 1.00 bits per heavy atom. The zero-order chi connectivity index (χ0) is 18.9. The Balaban J connectivity index is 1.35. The van der Waals surface area contributed by atoms with Crippen molar-refractivity contribution in [3.05, 3.63) is 36.4 Å². The molecule has 5 aliphatic rings. The molecule has 29 heavy (non-hydrogen) atoms. The number of imidazole rings is 1. The lowest BCUT2D eigenvalue weighted by molar-refractivity contribution is 0.0355. The summed E-state index contributed by atoms with van der Waals surface area (Å²) in [4.78, 5) is 21.9. The summed E-state index contributed by atoms with van der Waals surface area (Å²) in [6.45, 7) is 3.65. The number of ether oxygens (including phenoxy) is 2. The molecule has 4 fully saturated rings. The van der Waals surface area contributed by atoms with Crippen molar-refractivity contribution in [3.8, 4) is 11.5 Å². The third-order valence-electron chi connectivity index (χ3n) is 7.29. The topological polar surface area (TPSA) is 79.4 Å². The minimum Gasteiger partial charge on any atom is -0.454 e. The van der Waals surface area contributed by atoms with Gasteiger partial charge in [0.25, 0.3) is 0 Å². The number of fused-ring (bicyclic) bond motifs is 4. The van der Waals surface area contributed by atoms with Crippen LogP contribution in [0.25, 0.3) is 11.2 Å². The predicted molar refractivity (Wildman–Crippen MR) is 106 cm³/mol. The van der Waals surface area contributed by atoms with E-state index in [1.54, 1.807) is 12.7 Å². The molecule has 0 aliphatic carbocycles. The molecule has 2 bridgehead atoms. The first-order chi connectivity index (χ1) is 14.4. The fraction of sp³-hybridized carbons (Fsp3) is 0.476. The number of H-pyrrole nitrogens is 1. The van der Waals surface area contributed by atoms with Crippen LogP contribution in [-0.2, 0) is 0 Å². The highest BCUT2D eigenvalue weighted by Gasteiger charge is 2.54. The second-order valence-corrected chi connectivity index (χ2v) is 8.52. The number of aromatic amines is 1. The van der Waals surface area contributed by atoms with E-state index in [0.29, 0.717) is 30.7 Å². The molecule has 0 radical (unpaired) electrons. The molecule has 8 heteroatoms. The van der Waals surface area contributed by atoms with E-state index in [9.17, 15) is 0 Å². The molecule has 1 aromatic carbocycles. The van der Waals surface area contributed by atoms with Gasteiger partial charge in [-0.05, 0) is 49.5 Å². The molecule has 7 heterocycles. The van der Waals surface area contributed by atoms with Gasteiger partial charge in [0.1, 0.15) is 11.8 Å². The smallest absolute Gasteiger partial charge is 0.231 e. The number of benzene rings is 1. The Hall–Kier alpha value is -2.87. The summed E-state index contributed by atoms with van der Waals surface area (Å²) >= 11 is 0. The van der Waals surface area contributed by atoms with Crippen molar-refractivity contribution in [2.75, 3.05) is 31.3 Å². The summed E-state index contributed by atoms with van der Waals surface area (Å²) in [7, 11) is 0. The van der Waals surface area contributed by atoms with Gasteiger partial charge in [-0.15, -0.1) is 0 Å². The maximum absolute atomic E-state index is 5.67. The molecule has 0 amide bonds. The van der Waals surface area contributed by atoms with Gasteiger partial charge in [-0.25, -0.2) is 15.0 Å². The van der Waals surface area contributed by atoms with E-state index in [2.05, 4.69) is 43.0 Å². The van der Waals surface area contributed by atoms with Gasteiger partial charge in [-0.2, -0.15) is 0 Å². The van der Waals surface area contributed by atoms with Gasteiger partial charge in [0.05, 0.1) is 6.33 Å². The molecule has 3 atom stereocenters. The third kappa shape index (κ3) is 2.20. The Kier molecular flexibility index (Phi) is 3.21.